The molecule has 0 saturated heterocycles. The first-order valence-corrected chi connectivity index (χ1v) is 23.4. The first-order valence-electron chi connectivity index (χ1n) is 23.4. The van der Waals surface area contributed by atoms with Crippen molar-refractivity contribution in [1.82, 2.24) is 4.57 Å². The Balaban J connectivity index is 1.05. The van der Waals surface area contributed by atoms with Gasteiger partial charge in [-0.15, -0.1) is 0 Å². The van der Waals surface area contributed by atoms with Crippen molar-refractivity contribution in [1.29, 1.82) is 0 Å². The number of hydrogen-bond acceptors (Lipinski definition) is 1. The molecule has 2 nitrogen and oxygen atoms in total. The topological polar surface area (TPSA) is 8.17 Å². The molecule has 0 amide bonds. The lowest BCUT2D eigenvalue weighted by Gasteiger charge is -2.28. The van der Waals surface area contributed by atoms with Crippen molar-refractivity contribution in [3.8, 4) is 50.2 Å². The van der Waals surface area contributed by atoms with Crippen LogP contribution in [0.1, 0.15) is 0 Å². The molecule has 0 bridgehead atoms. The summed E-state index contributed by atoms with van der Waals surface area (Å²) in [5.41, 5.74) is 16.2. The lowest BCUT2D eigenvalue weighted by molar-refractivity contribution is 1.18. The van der Waals surface area contributed by atoms with Crippen LogP contribution in [0, 0.1) is 0 Å². The molecular weight excluding hydrogens is 821 g/mol. The van der Waals surface area contributed by atoms with Gasteiger partial charge in [-0.1, -0.05) is 194 Å². The fourth-order valence-corrected chi connectivity index (χ4v) is 10.6. The Labute approximate surface area is 395 Å². The summed E-state index contributed by atoms with van der Waals surface area (Å²) in [7, 11) is 0. The Morgan fingerprint density at radius 2 is 0.794 bits per heavy atom. The molecule has 2 heteroatoms. The van der Waals surface area contributed by atoms with Gasteiger partial charge in [-0.3, -0.25) is 0 Å². The Hall–Kier alpha value is -8.98. The molecule has 12 aromatic carbocycles. The summed E-state index contributed by atoms with van der Waals surface area (Å²) >= 11 is 0. The van der Waals surface area contributed by atoms with E-state index in [9.17, 15) is 0 Å². The SMILES string of the molecule is c1ccc(-c2cc(-c3ccccc3)cc(N(c3ccc(-c4cc5ccccc5c5ccccc45)cc3)c3cccc(-c4c5ccccc5cc5c4c4ccccc4n5-c4ccccc4)c3)c2)cc1. The number of hydrogen-bond donors (Lipinski definition) is 0. The van der Waals surface area contributed by atoms with Gasteiger partial charge < -0.3 is 9.47 Å². The van der Waals surface area contributed by atoms with Crippen LogP contribution < -0.4 is 4.90 Å². The van der Waals surface area contributed by atoms with Crippen LogP contribution in [0.25, 0.3) is 104 Å². The summed E-state index contributed by atoms with van der Waals surface area (Å²) in [4.78, 5) is 2.44. The van der Waals surface area contributed by atoms with E-state index in [0.717, 1.165) is 39.4 Å². The molecule has 0 N–H and O–H groups in total. The van der Waals surface area contributed by atoms with Crippen molar-refractivity contribution in [2.75, 3.05) is 4.90 Å². The molecule has 1 aromatic heterocycles. The molecule has 0 aliphatic rings. The predicted molar refractivity (Wildman–Crippen MR) is 290 cm³/mol. The number of anilines is 3. The van der Waals surface area contributed by atoms with Crippen LogP contribution in [0.3, 0.4) is 0 Å². The van der Waals surface area contributed by atoms with Crippen LogP contribution in [0.5, 0.6) is 0 Å². The van der Waals surface area contributed by atoms with Crippen molar-refractivity contribution in [2.45, 2.75) is 0 Å². The fraction of sp³-hybridized carbons (Fsp3) is 0. The van der Waals surface area contributed by atoms with Crippen LogP contribution in [0.2, 0.25) is 0 Å². The van der Waals surface area contributed by atoms with E-state index < -0.39 is 0 Å². The van der Waals surface area contributed by atoms with Gasteiger partial charge in [0.05, 0.1) is 11.0 Å². The van der Waals surface area contributed by atoms with Gasteiger partial charge in [0, 0.05) is 33.5 Å². The highest BCUT2D eigenvalue weighted by molar-refractivity contribution is 6.23. The maximum atomic E-state index is 2.44. The zero-order valence-electron chi connectivity index (χ0n) is 37.3. The molecule has 13 rings (SSSR count). The number of fused-ring (bicyclic) bond motifs is 7. The minimum atomic E-state index is 1.07. The van der Waals surface area contributed by atoms with Gasteiger partial charge in [0.15, 0.2) is 0 Å². The zero-order chi connectivity index (χ0) is 45.0. The molecular formula is C66H44N2. The van der Waals surface area contributed by atoms with Gasteiger partial charge in [-0.25, -0.2) is 0 Å². The summed E-state index contributed by atoms with van der Waals surface area (Å²) in [5.74, 6) is 0. The third-order valence-electron chi connectivity index (χ3n) is 13.7. The highest BCUT2D eigenvalue weighted by atomic mass is 15.1. The molecule has 0 aliphatic carbocycles. The van der Waals surface area contributed by atoms with Crippen molar-refractivity contribution in [2.24, 2.45) is 0 Å². The van der Waals surface area contributed by atoms with Gasteiger partial charge in [0.25, 0.3) is 0 Å². The largest absolute Gasteiger partial charge is 0.310 e. The summed E-state index contributed by atoms with van der Waals surface area (Å²) in [6, 6.07) is 97.6. The van der Waals surface area contributed by atoms with E-state index in [-0.39, 0.29) is 0 Å². The molecule has 1 heterocycles. The Morgan fingerprint density at radius 3 is 1.49 bits per heavy atom. The highest BCUT2D eigenvalue weighted by Crippen LogP contribution is 2.46. The van der Waals surface area contributed by atoms with E-state index in [1.807, 2.05) is 0 Å². The predicted octanol–water partition coefficient (Wildman–Crippen LogP) is 18.4. The van der Waals surface area contributed by atoms with E-state index in [0.29, 0.717) is 0 Å². The first-order chi connectivity index (χ1) is 33.7. The molecule has 0 atom stereocenters. The maximum Gasteiger partial charge on any atom is 0.0553 e. The number of para-hydroxylation sites is 2. The Kier molecular flexibility index (Phi) is 9.54. The summed E-state index contributed by atoms with van der Waals surface area (Å²) in [5, 5.41) is 9.94. The summed E-state index contributed by atoms with van der Waals surface area (Å²) in [6.07, 6.45) is 0. The van der Waals surface area contributed by atoms with Crippen LogP contribution in [0.4, 0.5) is 17.1 Å². The molecule has 0 radical (unpaired) electrons. The van der Waals surface area contributed by atoms with E-state index >= 15 is 0 Å². The maximum absolute atomic E-state index is 2.44. The van der Waals surface area contributed by atoms with Gasteiger partial charge in [0.1, 0.15) is 0 Å². The van der Waals surface area contributed by atoms with Crippen molar-refractivity contribution in [3.63, 3.8) is 0 Å². The fourth-order valence-electron chi connectivity index (χ4n) is 10.6. The molecule has 0 spiro atoms. The summed E-state index contributed by atoms with van der Waals surface area (Å²) in [6.45, 7) is 0. The Morgan fingerprint density at radius 1 is 0.265 bits per heavy atom. The molecule has 0 unspecified atom stereocenters. The average molecular weight is 865 g/mol. The summed E-state index contributed by atoms with van der Waals surface area (Å²) < 4.78 is 2.43. The van der Waals surface area contributed by atoms with Gasteiger partial charge >= 0.3 is 0 Å². The van der Waals surface area contributed by atoms with Crippen LogP contribution in [0.15, 0.2) is 267 Å². The smallest absolute Gasteiger partial charge is 0.0553 e. The van der Waals surface area contributed by atoms with Gasteiger partial charge in [-0.2, -0.15) is 0 Å². The normalized spacial score (nSPS) is 11.5. The van der Waals surface area contributed by atoms with Gasteiger partial charge in [0.2, 0.25) is 0 Å². The molecule has 0 saturated carbocycles. The minimum Gasteiger partial charge on any atom is -0.310 e. The lowest BCUT2D eigenvalue weighted by Crippen LogP contribution is -2.10. The van der Waals surface area contributed by atoms with E-state index in [1.165, 1.54) is 81.9 Å². The van der Waals surface area contributed by atoms with Crippen molar-refractivity contribution < 1.29 is 0 Å². The van der Waals surface area contributed by atoms with Crippen LogP contribution >= 0.6 is 0 Å². The van der Waals surface area contributed by atoms with Crippen molar-refractivity contribution in [3.05, 3.63) is 267 Å². The third kappa shape index (κ3) is 6.73. The van der Waals surface area contributed by atoms with E-state index in [2.05, 4.69) is 276 Å². The quantitative estimate of drug-likeness (QED) is 0.138. The monoisotopic (exact) mass is 864 g/mol. The number of rotatable bonds is 8. The first kappa shape index (κ1) is 39.4. The zero-order valence-corrected chi connectivity index (χ0v) is 37.3. The second kappa shape index (κ2) is 16.5. The van der Waals surface area contributed by atoms with Gasteiger partial charge in [-0.05, 0) is 150 Å². The lowest BCUT2D eigenvalue weighted by atomic mass is 9.92. The standard InChI is InChI=1S/C66H44N2/c1-4-19-45(20-5-1)51-39-52(46-21-6-2-7-22-46)42-56(41-51)67(54-37-35-47(36-38-54)62-43-48-23-10-12-29-57(48)59-31-14-15-32-60(59)62)55-28-18-25-50(40-55)65-58-30-13-11-24-49(58)44-64-66(65)61-33-16-17-34-63(61)68(64)53-26-8-3-9-27-53/h1-44H. The second-order valence-electron chi connectivity index (χ2n) is 17.7. The second-order valence-corrected chi connectivity index (χ2v) is 17.7. The minimum absolute atomic E-state index is 1.07. The molecule has 0 aliphatic heterocycles. The number of nitrogens with zero attached hydrogens (tertiary/aromatic N) is 2. The van der Waals surface area contributed by atoms with Crippen LogP contribution in [-0.4, -0.2) is 4.57 Å². The van der Waals surface area contributed by atoms with E-state index in [4.69, 9.17) is 0 Å². The van der Waals surface area contributed by atoms with E-state index in [1.54, 1.807) is 0 Å². The number of aromatic nitrogens is 1. The third-order valence-corrected chi connectivity index (χ3v) is 13.7. The average Bonchev–Trinajstić information content (AvgIpc) is 3.74. The number of benzene rings is 12. The van der Waals surface area contributed by atoms with Crippen molar-refractivity contribution >= 4 is 71.2 Å². The molecule has 318 valence electrons. The molecule has 68 heavy (non-hydrogen) atoms. The van der Waals surface area contributed by atoms with Crippen LogP contribution in [-0.2, 0) is 0 Å². The molecule has 0 fully saturated rings. The Bertz CT molecular complexity index is 3940. The highest BCUT2D eigenvalue weighted by Gasteiger charge is 2.22. The molecule has 13 aromatic rings.